The molecular formula is C15H15ClN2O2. The first-order valence-electron chi connectivity index (χ1n) is 6.03. The van der Waals surface area contributed by atoms with Crippen molar-refractivity contribution in [1.29, 1.82) is 0 Å². The number of hydrogen-bond acceptors (Lipinski definition) is 3. The largest absolute Gasteiger partial charge is 0.508 e. The summed E-state index contributed by atoms with van der Waals surface area (Å²) in [5.41, 5.74) is 8.01. The van der Waals surface area contributed by atoms with Gasteiger partial charge in [0.05, 0.1) is 11.4 Å². The molecule has 0 aromatic heterocycles. The molecule has 0 atom stereocenters. The summed E-state index contributed by atoms with van der Waals surface area (Å²) in [4.78, 5) is 13.9. The van der Waals surface area contributed by atoms with Gasteiger partial charge in [-0.05, 0) is 48.9 Å². The Morgan fingerprint density at radius 2 is 1.95 bits per heavy atom. The zero-order chi connectivity index (χ0) is 14.9. The number of aromatic hydroxyl groups is 1. The number of nitrogens with two attached hydrogens (primary N) is 1. The molecule has 0 aliphatic rings. The van der Waals surface area contributed by atoms with Crippen LogP contribution in [0.15, 0.2) is 36.4 Å². The molecule has 5 heteroatoms. The van der Waals surface area contributed by atoms with Gasteiger partial charge in [0, 0.05) is 17.6 Å². The van der Waals surface area contributed by atoms with E-state index in [1.165, 1.54) is 11.0 Å². The van der Waals surface area contributed by atoms with E-state index in [-0.39, 0.29) is 11.7 Å². The number of rotatable bonds is 2. The van der Waals surface area contributed by atoms with E-state index in [0.717, 1.165) is 0 Å². The highest BCUT2D eigenvalue weighted by atomic mass is 35.5. The minimum atomic E-state index is -0.220. The maximum Gasteiger partial charge on any atom is 0.258 e. The van der Waals surface area contributed by atoms with Crippen LogP contribution in [0.4, 0.5) is 11.4 Å². The van der Waals surface area contributed by atoms with Gasteiger partial charge in [-0.25, -0.2) is 0 Å². The number of amides is 1. The number of benzene rings is 2. The van der Waals surface area contributed by atoms with Crippen molar-refractivity contribution >= 4 is 28.9 Å². The van der Waals surface area contributed by atoms with Gasteiger partial charge in [-0.15, -0.1) is 0 Å². The van der Waals surface area contributed by atoms with Crippen molar-refractivity contribution in [3.8, 4) is 5.75 Å². The summed E-state index contributed by atoms with van der Waals surface area (Å²) in [5.74, 6) is -0.0615. The van der Waals surface area contributed by atoms with Crippen LogP contribution in [0.1, 0.15) is 15.9 Å². The molecule has 4 nitrogen and oxygen atoms in total. The van der Waals surface area contributed by atoms with Crippen LogP contribution < -0.4 is 10.6 Å². The Kier molecular flexibility index (Phi) is 3.86. The van der Waals surface area contributed by atoms with Gasteiger partial charge in [0.15, 0.2) is 0 Å². The number of nitrogens with zero attached hydrogens (tertiary/aromatic N) is 1. The van der Waals surface area contributed by atoms with E-state index in [1.54, 1.807) is 44.3 Å². The second kappa shape index (κ2) is 5.43. The third-order valence-electron chi connectivity index (χ3n) is 3.10. The van der Waals surface area contributed by atoms with Crippen molar-refractivity contribution in [2.45, 2.75) is 6.92 Å². The first kappa shape index (κ1) is 14.2. The van der Waals surface area contributed by atoms with E-state index < -0.39 is 0 Å². The van der Waals surface area contributed by atoms with Crippen molar-refractivity contribution < 1.29 is 9.90 Å². The summed E-state index contributed by atoms with van der Waals surface area (Å²) in [6.07, 6.45) is 0. The number of anilines is 2. The average molecular weight is 291 g/mol. The number of halogens is 1. The number of nitrogen functional groups attached to an aromatic ring is 1. The topological polar surface area (TPSA) is 66.6 Å². The molecule has 2 aromatic rings. The maximum absolute atomic E-state index is 12.4. The molecule has 3 N–H and O–H groups in total. The van der Waals surface area contributed by atoms with Crippen LogP contribution in [0.25, 0.3) is 0 Å². The Bertz CT molecular complexity index is 671. The molecule has 2 rings (SSSR count). The van der Waals surface area contributed by atoms with Crippen LogP contribution >= 0.6 is 11.6 Å². The lowest BCUT2D eigenvalue weighted by atomic mass is 10.1. The van der Waals surface area contributed by atoms with Crippen molar-refractivity contribution in [2.75, 3.05) is 17.7 Å². The lowest BCUT2D eigenvalue weighted by Crippen LogP contribution is -2.27. The highest BCUT2D eigenvalue weighted by Crippen LogP contribution is 2.27. The van der Waals surface area contributed by atoms with E-state index in [1.807, 2.05) is 0 Å². The first-order valence-corrected chi connectivity index (χ1v) is 6.40. The first-order chi connectivity index (χ1) is 9.40. The average Bonchev–Trinajstić information content (AvgIpc) is 2.43. The molecule has 0 aliphatic carbocycles. The molecule has 2 aromatic carbocycles. The normalized spacial score (nSPS) is 10.3. The Hall–Kier alpha value is -2.20. The summed E-state index contributed by atoms with van der Waals surface area (Å²) in [6.45, 7) is 1.74. The van der Waals surface area contributed by atoms with Crippen LogP contribution in [0.2, 0.25) is 5.02 Å². The Morgan fingerprint density at radius 3 is 2.60 bits per heavy atom. The van der Waals surface area contributed by atoms with Crippen LogP contribution in [-0.2, 0) is 0 Å². The molecule has 0 spiro atoms. The van der Waals surface area contributed by atoms with Crippen molar-refractivity contribution in [2.24, 2.45) is 0 Å². The SMILES string of the molecule is Cc1cc(C(=O)N(C)c2cc(Cl)ccc2N)ccc1O. The van der Waals surface area contributed by atoms with Crippen LogP contribution in [0, 0.1) is 6.92 Å². The molecule has 20 heavy (non-hydrogen) atoms. The molecule has 0 radical (unpaired) electrons. The fourth-order valence-corrected chi connectivity index (χ4v) is 2.07. The van der Waals surface area contributed by atoms with Crippen molar-refractivity contribution in [3.05, 3.63) is 52.5 Å². The number of hydrogen-bond donors (Lipinski definition) is 2. The molecule has 0 fully saturated rings. The molecule has 104 valence electrons. The lowest BCUT2D eigenvalue weighted by molar-refractivity contribution is 0.0993. The van der Waals surface area contributed by atoms with Gasteiger partial charge < -0.3 is 15.7 Å². The fraction of sp³-hybridized carbons (Fsp3) is 0.133. The molecule has 0 saturated carbocycles. The molecular weight excluding hydrogens is 276 g/mol. The van der Waals surface area contributed by atoms with E-state index in [9.17, 15) is 9.90 Å². The third kappa shape index (κ3) is 2.70. The van der Waals surface area contributed by atoms with Crippen molar-refractivity contribution in [1.82, 2.24) is 0 Å². The van der Waals surface area contributed by atoms with Crippen LogP contribution in [0.3, 0.4) is 0 Å². The van der Waals surface area contributed by atoms with Gasteiger partial charge in [-0.2, -0.15) is 0 Å². The highest BCUT2D eigenvalue weighted by molar-refractivity contribution is 6.31. The Morgan fingerprint density at radius 1 is 1.25 bits per heavy atom. The van der Waals surface area contributed by atoms with Gasteiger partial charge in [0.25, 0.3) is 5.91 Å². The zero-order valence-corrected chi connectivity index (χ0v) is 12.0. The van der Waals surface area contributed by atoms with E-state index >= 15 is 0 Å². The quantitative estimate of drug-likeness (QED) is 0.835. The predicted molar refractivity (Wildman–Crippen MR) is 81.4 cm³/mol. The smallest absolute Gasteiger partial charge is 0.258 e. The Balaban J connectivity index is 2.37. The second-order valence-electron chi connectivity index (χ2n) is 4.57. The van der Waals surface area contributed by atoms with E-state index in [4.69, 9.17) is 17.3 Å². The molecule has 1 amide bonds. The summed E-state index contributed by atoms with van der Waals surface area (Å²) in [5, 5.41) is 10.0. The highest BCUT2D eigenvalue weighted by Gasteiger charge is 2.16. The Labute approximate surface area is 122 Å². The summed E-state index contributed by atoms with van der Waals surface area (Å²) >= 11 is 5.93. The summed E-state index contributed by atoms with van der Waals surface area (Å²) < 4.78 is 0. The monoisotopic (exact) mass is 290 g/mol. The standard InChI is InChI=1S/C15H15ClN2O2/c1-9-7-10(3-6-14(9)19)15(20)18(2)13-8-11(16)4-5-12(13)17/h3-8,19H,17H2,1-2H3. The van der Waals surface area contributed by atoms with Gasteiger partial charge in [-0.3, -0.25) is 4.79 Å². The fourth-order valence-electron chi connectivity index (χ4n) is 1.90. The molecule has 0 aliphatic heterocycles. The van der Waals surface area contributed by atoms with Crippen LogP contribution in [0.5, 0.6) is 5.75 Å². The second-order valence-corrected chi connectivity index (χ2v) is 5.01. The minimum Gasteiger partial charge on any atom is -0.508 e. The maximum atomic E-state index is 12.4. The summed E-state index contributed by atoms with van der Waals surface area (Å²) in [7, 11) is 1.63. The third-order valence-corrected chi connectivity index (χ3v) is 3.34. The van der Waals surface area contributed by atoms with Gasteiger partial charge in [-0.1, -0.05) is 11.6 Å². The molecule has 0 saturated heterocycles. The molecule has 0 unspecified atom stereocenters. The van der Waals surface area contributed by atoms with Crippen LogP contribution in [-0.4, -0.2) is 18.1 Å². The van der Waals surface area contributed by atoms with Crippen molar-refractivity contribution in [3.63, 3.8) is 0 Å². The zero-order valence-electron chi connectivity index (χ0n) is 11.2. The van der Waals surface area contributed by atoms with E-state index in [0.29, 0.717) is 27.5 Å². The number of phenolic OH excluding ortho intramolecular Hbond substituents is 1. The predicted octanol–water partition coefficient (Wildman–Crippen LogP) is 3.21. The number of carbonyl (C=O) groups excluding carboxylic acids is 1. The van der Waals surface area contributed by atoms with E-state index in [2.05, 4.69) is 0 Å². The summed E-state index contributed by atoms with van der Waals surface area (Å²) in [6, 6.07) is 9.67. The minimum absolute atomic E-state index is 0.159. The molecule has 0 bridgehead atoms. The molecule has 0 heterocycles. The number of aryl methyl sites for hydroxylation is 1. The number of carbonyl (C=O) groups is 1. The van der Waals surface area contributed by atoms with Gasteiger partial charge in [0.1, 0.15) is 5.75 Å². The van der Waals surface area contributed by atoms with Gasteiger partial charge >= 0.3 is 0 Å². The lowest BCUT2D eigenvalue weighted by Gasteiger charge is -2.20. The van der Waals surface area contributed by atoms with Gasteiger partial charge in [0.2, 0.25) is 0 Å². The number of phenols is 1.